The molecule has 120 valence electrons. The standard InChI is InChI=1S/C17H11Cl2N3OS/c18-9-5-10(19)7-11(6-9)22-8-13(23)15(16(22)20)17-21-12-3-1-2-4-14(12)24-17/h1-7,20,23H,8H2. The van der Waals surface area contributed by atoms with Crippen molar-refractivity contribution in [2.75, 3.05) is 11.4 Å². The van der Waals surface area contributed by atoms with E-state index in [2.05, 4.69) is 4.98 Å². The van der Waals surface area contributed by atoms with Gasteiger partial charge in [-0.15, -0.1) is 11.3 Å². The van der Waals surface area contributed by atoms with Crippen LogP contribution in [0.4, 0.5) is 5.69 Å². The molecule has 1 aromatic heterocycles. The van der Waals surface area contributed by atoms with Crippen LogP contribution < -0.4 is 4.90 Å². The van der Waals surface area contributed by atoms with Gasteiger partial charge in [0.05, 0.1) is 22.3 Å². The molecule has 0 unspecified atom stereocenters. The number of halogens is 2. The largest absolute Gasteiger partial charge is 0.510 e. The van der Waals surface area contributed by atoms with Crippen molar-refractivity contribution in [1.82, 2.24) is 4.98 Å². The highest BCUT2D eigenvalue weighted by atomic mass is 35.5. The van der Waals surface area contributed by atoms with E-state index in [0.29, 0.717) is 26.3 Å². The minimum absolute atomic E-state index is 0.121. The van der Waals surface area contributed by atoms with Gasteiger partial charge in [-0.3, -0.25) is 5.41 Å². The third kappa shape index (κ3) is 2.55. The Morgan fingerprint density at radius 1 is 1.12 bits per heavy atom. The average Bonchev–Trinajstić information content (AvgIpc) is 3.06. The molecule has 4 rings (SSSR count). The number of aromatic nitrogens is 1. The van der Waals surface area contributed by atoms with E-state index >= 15 is 0 Å². The lowest BCUT2D eigenvalue weighted by molar-refractivity contribution is 0.411. The number of nitrogens with one attached hydrogen (secondary N) is 1. The second-order valence-electron chi connectivity index (χ2n) is 5.37. The number of hydrogen-bond acceptors (Lipinski definition) is 4. The van der Waals surface area contributed by atoms with Gasteiger partial charge in [-0.1, -0.05) is 35.3 Å². The SMILES string of the molecule is N=C1C(c2nc3ccccc3s2)=C(O)CN1c1cc(Cl)cc(Cl)c1. The van der Waals surface area contributed by atoms with E-state index in [1.54, 1.807) is 23.1 Å². The van der Waals surface area contributed by atoms with Crippen molar-refractivity contribution in [2.45, 2.75) is 0 Å². The van der Waals surface area contributed by atoms with Gasteiger partial charge in [0.15, 0.2) is 0 Å². The van der Waals surface area contributed by atoms with E-state index in [1.807, 2.05) is 24.3 Å². The molecule has 0 fully saturated rings. The van der Waals surface area contributed by atoms with Crippen molar-refractivity contribution in [1.29, 1.82) is 5.41 Å². The zero-order valence-electron chi connectivity index (χ0n) is 12.3. The number of aliphatic hydroxyl groups excluding tert-OH is 1. The first-order chi connectivity index (χ1) is 11.5. The van der Waals surface area contributed by atoms with Gasteiger partial charge in [0.1, 0.15) is 16.6 Å². The van der Waals surface area contributed by atoms with Gasteiger partial charge in [-0.25, -0.2) is 4.98 Å². The molecule has 24 heavy (non-hydrogen) atoms. The Balaban J connectivity index is 1.75. The minimum Gasteiger partial charge on any atom is -0.510 e. The van der Waals surface area contributed by atoms with Gasteiger partial charge in [0.2, 0.25) is 0 Å². The predicted octanol–water partition coefficient (Wildman–Crippen LogP) is 5.37. The first-order valence-corrected chi connectivity index (χ1v) is 8.71. The lowest BCUT2D eigenvalue weighted by atomic mass is 10.2. The van der Waals surface area contributed by atoms with Crippen LogP contribution in [0.25, 0.3) is 15.8 Å². The summed E-state index contributed by atoms with van der Waals surface area (Å²) in [6.45, 7) is 0.195. The molecule has 0 atom stereocenters. The molecule has 1 aliphatic rings. The maximum atomic E-state index is 10.4. The molecule has 0 amide bonds. The molecule has 3 aromatic rings. The highest BCUT2D eigenvalue weighted by molar-refractivity contribution is 7.19. The van der Waals surface area contributed by atoms with Gasteiger partial charge in [-0.05, 0) is 30.3 Å². The normalized spacial score (nSPS) is 14.9. The van der Waals surface area contributed by atoms with E-state index < -0.39 is 0 Å². The highest BCUT2D eigenvalue weighted by Gasteiger charge is 2.31. The second kappa shape index (κ2) is 5.77. The molecule has 0 saturated heterocycles. The van der Waals surface area contributed by atoms with Gasteiger partial charge >= 0.3 is 0 Å². The van der Waals surface area contributed by atoms with E-state index in [9.17, 15) is 5.11 Å². The number of anilines is 1. The first kappa shape index (κ1) is 15.4. The van der Waals surface area contributed by atoms with Crippen LogP contribution in [0.2, 0.25) is 10.0 Å². The van der Waals surface area contributed by atoms with Crippen molar-refractivity contribution >= 4 is 61.9 Å². The Labute approximate surface area is 152 Å². The van der Waals surface area contributed by atoms with Crippen LogP contribution in [-0.4, -0.2) is 22.5 Å². The summed E-state index contributed by atoms with van der Waals surface area (Å²) in [5.41, 5.74) is 1.97. The first-order valence-electron chi connectivity index (χ1n) is 7.13. The summed E-state index contributed by atoms with van der Waals surface area (Å²) in [4.78, 5) is 6.20. The number of amidine groups is 1. The monoisotopic (exact) mass is 375 g/mol. The molecule has 0 aliphatic carbocycles. The summed E-state index contributed by atoms with van der Waals surface area (Å²) < 4.78 is 1.02. The van der Waals surface area contributed by atoms with Crippen LogP contribution in [0.3, 0.4) is 0 Å². The molecule has 4 nitrogen and oxygen atoms in total. The summed E-state index contributed by atoms with van der Waals surface area (Å²) in [6.07, 6.45) is 0. The Morgan fingerprint density at radius 3 is 2.54 bits per heavy atom. The van der Waals surface area contributed by atoms with Gasteiger partial charge in [0, 0.05) is 15.7 Å². The number of nitrogens with zero attached hydrogens (tertiary/aromatic N) is 2. The van der Waals surface area contributed by atoms with Crippen LogP contribution in [0.15, 0.2) is 48.2 Å². The molecule has 0 bridgehead atoms. The fourth-order valence-corrected chi connectivity index (χ4v) is 4.25. The lowest BCUT2D eigenvalue weighted by Gasteiger charge is -2.19. The fraction of sp³-hybridized carbons (Fsp3) is 0.0588. The molecular formula is C17H11Cl2N3OS. The molecule has 0 saturated carbocycles. The van der Waals surface area contributed by atoms with Crippen molar-refractivity contribution in [3.63, 3.8) is 0 Å². The van der Waals surface area contributed by atoms with E-state index in [1.165, 1.54) is 11.3 Å². The summed E-state index contributed by atoms with van der Waals surface area (Å²) in [5.74, 6) is 0.306. The van der Waals surface area contributed by atoms with E-state index in [-0.39, 0.29) is 18.1 Å². The smallest absolute Gasteiger partial charge is 0.139 e. The third-order valence-corrected chi connectivity index (χ3v) is 5.26. The number of fused-ring (bicyclic) bond motifs is 1. The van der Waals surface area contributed by atoms with Gasteiger partial charge in [0.25, 0.3) is 0 Å². The molecule has 2 aromatic carbocycles. The van der Waals surface area contributed by atoms with Crippen LogP contribution in [0, 0.1) is 5.41 Å². The highest BCUT2D eigenvalue weighted by Crippen LogP contribution is 2.36. The van der Waals surface area contributed by atoms with Crippen molar-refractivity contribution < 1.29 is 5.11 Å². The van der Waals surface area contributed by atoms with Crippen molar-refractivity contribution in [2.24, 2.45) is 0 Å². The second-order valence-corrected chi connectivity index (χ2v) is 7.27. The maximum Gasteiger partial charge on any atom is 0.139 e. The quantitative estimate of drug-likeness (QED) is 0.632. The molecule has 0 spiro atoms. The Bertz CT molecular complexity index is 959. The minimum atomic E-state index is 0.121. The summed E-state index contributed by atoms with van der Waals surface area (Å²) in [5, 5.41) is 20.5. The number of hydrogen-bond donors (Lipinski definition) is 2. The lowest BCUT2D eigenvalue weighted by Crippen LogP contribution is -2.26. The molecule has 7 heteroatoms. The van der Waals surface area contributed by atoms with E-state index in [0.717, 1.165) is 10.2 Å². The van der Waals surface area contributed by atoms with Gasteiger partial charge < -0.3 is 10.0 Å². The number of thiazole rings is 1. The fourth-order valence-electron chi connectivity index (χ4n) is 2.70. The summed E-state index contributed by atoms with van der Waals surface area (Å²) in [6, 6.07) is 12.8. The summed E-state index contributed by atoms with van der Waals surface area (Å²) in [7, 11) is 0. The van der Waals surface area contributed by atoms with Crippen molar-refractivity contribution in [3.8, 4) is 0 Å². The molecular weight excluding hydrogens is 365 g/mol. The third-order valence-electron chi connectivity index (χ3n) is 3.77. The van der Waals surface area contributed by atoms with Crippen LogP contribution >= 0.6 is 34.5 Å². The number of para-hydroxylation sites is 1. The Kier molecular flexibility index (Phi) is 3.72. The molecule has 2 N–H and O–H groups in total. The van der Waals surface area contributed by atoms with Crippen LogP contribution in [0.1, 0.15) is 5.01 Å². The zero-order valence-corrected chi connectivity index (χ0v) is 14.6. The number of benzene rings is 2. The predicted molar refractivity (Wildman–Crippen MR) is 101 cm³/mol. The van der Waals surface area contributed by atoms with Gasteiger partial charge in [-0.2, -0.15) is 0 Å². The molecule has 2 heterocycles. The van der Waals surface area contributed by atoms with Crippen LogP contribution in [-0.2, 0) is 0 Å². The Hall–Kier alpha value is -2.08. The van der Waals surface area contributed by atoms with E-state index in [4.69, 9.17) is 28.6 Å². The Morgan fingerprint density at radius 2 is 1.83 bits per heavy atom. The number of aliphatic hydroxyl groups is 1. The topological polar surface area (TPSA) is 60.2 Å². The maximum absolute atomic E-state index is 10.4. The molecule has 1 aliphatic heterocycles. The zero-order chi connectivity index (χ0) is 16.8. The summed E-state index contributed by atoms with van der Waals surface area (Å²) >= 11 is 13.6. The average molecular weight is 376 g/mol. The molecule has 0 radical (unpaired) electrons. The van der Waals surface area contributed by atoms with Crippen LogP contribution in [0.5, 0.6) is 0 Å². The number of rotatable bonds is 2. The van der Waals surface area contributed by atoms with Crippen molar-refractivity contribution in [3.05, 3.63) is 63.3 Å².